The summed E-state index contributed by atoms with van der Waals surface area (Å²) in [7, 11) is 0. The molecule has 1 atom stereocenters. The van der Waals surface area contributed by atoms with Crippen LogP contribution in [-0.4, -0.2) is 29.2 Å². The normalized spacial score (nSPS) is 19.6. The van der Waals surface area contributed by atoms with Gasteiger partial charge >= 0.3 is 0 Å². The number of alkyl halides is 1. The molecular formula is C14H18BrNO. The predicted molar refractivity (Wildman–Crippen MR) is 73.2 cm³/mol. The van der Waals surface area contributed by atoms with Gasteiger partial charge in [0.25, 0.3) is 0 Å². The van der Waals surface area contributed by atoms with Gasteiger partial charge in [-0.1, -0.05) is 46.3 Å². The van der Waals surface area contributed by atoms with Gasteiger partial charge in [0.2, 0.25) is 5.91 Å². The molecule has 17 heavy (non-hydrogen) atoms. The molecule has 1 heterocycles. The molecule has 1 saturated heterocycles. The number of amides is 1. The fourth-order valence-corrected chi connectivity index (χ4v) is 2.98. The molecule has 2 nitrogen and oxygen atoms in total. The fraction of sp³-hybridized carbons (Fsp3) is 0.500. The molecule has 1 aliphatic rings. The molecule has 0 spiro atoms. The van der Waals surface area contributed by atoms with Crippen molar-refractivity contribution in [2.45, 2.75) is 19.3 Å². The molecule has 1 amide bonds. The molecule has 1 unspecified atom stereocenters. The van der Waals surface area contributed by atoms with Gasteiger partial charge in [-0.25, -0.2) is 0 Å². The van der Waals surface area contributed by atoms with Crippen LogP contribution >= 0.6 is 15.9 Å². The van der Waals surface area contributed by atoms with Crippen LogP contribution in [0.15, 0.2) is 30.3 Å². The topological polar surface area (TPSA) is 20.3 Å². The van der Waals surface area contributed by atoms with Crippen molar-refractivity contribution in [2.75, 3.05) is 18.4 Å². The number of benzene rings is 1. The van der Waals surface area contributed by atoms with E-state index in [1.165, 1.54) is 6.42 Å². The largest absolute Gasteiger partial charge is 0.342 e. The van der Waals surface area contributed by atoms with E-state index in [9.17, 15) is 4.79 Å². The second-order valence-electron chi connectivity index (χ2n) is 4.63. The van der Waals surface area contributed by atoms with Gasteiger partial charge in [0.05, 0.1) is 6.42 Å². The first-order valence-electron chi connectivity index (χ1n) is 6.17. The molecule has 1 fully saturated rings. The third-order valence-electron chi connectivity index (χ3n) is 3.35. The molecule has 3 heteroatoms. The Kier molecular flexibility index (Phi) is 4.60. The lowest BCUT2D eigenvalue weighted by Crippen LogP contribution is -2.30. The first kappa shape index (κ1) is 12.6. The summed E-state index contributed by atoms with van der Waals surface area (Å²) in [6.07, 6.45) is 2.88. The second-order valence-corrected chi connectivity index (χ2v) is 5.43. The third kappa shape index (κ3) is 3.56. The van der Waals surface area contributed by atoms with E-state index in [4.69, 9.17) is 0 Å². The van der Waals surface area contributed by atoms with Crippen molar-refractivity contribution in [1.29, 1.82) is 0 Å². The average Bonchev–Trinajstić information content (AvgIpc) is 2.79. The maximum Gasteiger partial charge on any atom is 0.226 e. The zero-order valence-corrected chi connectivity index (χ0v) is 11.5. The number of hydrogen-bond acceptors (Lipinski definition) is 1. The monoisotopic (exact) mass is 295 g/mol. The van der Waals surface area contributed by atoms with E-state index in [0.717, 1.165) is 30.4 Å². The van der Waals surface area contributed by atoms with E-state index < -0.39 is 0 Å². The minimum Gasteiger partial charge on any atom is -0.342 e. The Balaban J connectivity index is 1.85. The lowest BCUT2D eigenvalue weighted by Gasteiger charge is -2.16. The first-order chi connectivity index (χ1) is 8.29. The summed E-state index contributed by atoms with van der Waals surface area (Å²) >= 11 is 3.47. The van der Waals surface area contributed by atoms with Gasteiger partial charge in [-0.2, -0.15) is 0 Å². The first-order valence-corrected chi connectivity index (χ1v) is 7.29. The number of hydrogen-bond donors (Lipinski definition) is 0. The van der Waals surface area contributed by atoms with Crippen molar-refractivity contribution >= 4 is 21.8 Å². The smallest absolute Gasteiger partial charge is 0.226 e. The number of carbonyl (C=O) groups excluding carboxylic acids is 1. The van der Waals surface area contributed by atoms with Crippen LogP contribution < -0.4 is 0 Å². The number of carbonyl (C=O) groups is 1. The molecule has 0 aromatic heterocycles. The summed E-state index contributed by atoms with van der Waals surface area (Å²) in [6, 6.07) is 9.99. The van der Waals surface area contributed by atoms with Gasteiger partial charge < -0.3 is 4.90 Å². The fourth-order valence-electron chi connectivity index (χ4n) is 2.33. The van der Waals surface area contributed by atoms with Gasteiger partial charge in [0.1, 0.15) is 0 Å². The van der Waals surface area contributed by atoms with Crippen LogP contribution in [0.1, 0.15) is 18.4 Å². The molecule has 0 N–H and O–H groups in total. The van der Waals surface area contributed by atoms with Crippen molar-refractivity contribution in [3.63, 3.8) is 0 Å². The lowest BCUT2D eigenvalue weighted by molar-refractivity contribution is -0.129. The number of likely N-dealkylation sites (tertiary alicyclic amines) is 1. The van der Waals surface area contributed by atoms with Crippen LogP contribution in [0.4, 0.5) is 0 Å². The summed E-state index contributed by atoms with van der Waals surface area (Å²) in [6.45, 7) is 1.88. The van der Waals surface area contributed by atoms with Gasteiger partial charge in [0, 0.05) is 18.4 Å². The SMILES string of the molecule is O=C(Cc1ccccc1)N1CCC(CCBr)C1. The van der Waals surface area contributed by atoms with E-state index in [0.29, 0.717) is 12.3 Å². The van der Waals surface area contributed by atoms with Gasteiger partial charge in [0.15, 0.2) is 0 Å². The van der Waals surface area contributed by atoms with Crippen LogP contribution in [0.2, 0.25) is 0 Å². The maximum atomic E-state index is 12.1. The van der Waals surface area contributed by atoms with Crippen molar-refractivity contribution in [3.05, 3.63) is 35.9 Å². The Morgan fingerprint density at radius 3 is 2.82 bits per heavy atom. The number of halogens is 1. The molecule has 1 aromatic rings. The van der Waals surface area contributed by atoms with E-state index in [1.54, 1.807) is 0 Å². The van der Waals surface area contributed by atoms with E-state index in [2.05, 4.69) is 15.9 Å². The standard InChI is InChI=1S/C14H18BrNO/c15-8-6-13-7-9-16(11-13)14(17)10-12-4-2-1-3-5-12/h1-5,13H,6-11H2. The molecule has 0 saturated carbocycles. The highest BCUT2D eigenvalue weighted by Gasteiger charge is 2.25. The van der Waals surface area contributed by atoms with Crippen molar-refractivity contribution in [3.8, 4) is 0 Å². The van der Waals surface area contributed by atoms with Crippen LogP contribution in [-0.2, 0) is 11.2 Å². The summed E-state index contributed by atoms with van der Waals surface area (Å²) < 4.78 is 0. The highest BCUT2D eigenvalue weighted by atomic mass is 79.9. The number of rotatable bonds is 4. The Morgan fingerprint density at radius 2 is 2.12 bits per heavy atom. The van der Waals surface area contributed by atoms with Crippen molar-refractivity contribution < 1.29 is 4.79 Å². The molecule has 0 aliphatic carbocycles. The summed E-state index contributed by atoms with van der Waals surface area (Å²) in [5.74, 6) is 0.961. The highest BCUT2D eigenvalue weighted by Crippen LogP contribution is 2.21. The van der Waals surface area contributed by atoms with Crippen LogP contribution in [0, 0.1) is 5.92 Å². The lowest BCUT2D eigenvalue weighted by atomic mass is 10.1. The van der Waals surface area contributed by atoms with E-state index in [1.807, 2.05) is 35.2 Å². The number of nitrogens with zero attached hydrogens (tertiary/aromatic N) is 1. The van der Waals surface area contributed by atoms with Crippen molar-refractivity contribution in [1.82, 2.24) is 4.90 Å². The highest BCUT2D eigenvalue weighted by molar-refractivity contribution is 9.09. The van der Waals surface area contributed by atoms with Gasteiger partial charge in [-0.15, -0.1) is 0 Å². The van der Waals surface area contributed by atoms with Crippen molar-refractivity contribution in [2.24, 2.45) is 5.92 Å². The summed E-state index contributed by atoms with van der Waals surface area (Å²) in [4.78, 5) is 14.1. The molecule has 0 radical (unpaired) electrons. The Labute approximate surface area is 111 Å². The Bertz CT molecular complexity index is 366. The molecule has 2 rings (SSSR count). The minimum atomic E-state index is 0.272. The molecule has 1 aromatic carbocycles. The third-order valence-corrected chi connectivity index (χ3v) is 3.81. The molecule has 1 aliphatic heterocycles. The molecular weight excluding hydrogens is 278 g/mol. The van der Waals surface area contributed by atoms with Gasteiger partial charge in [-0.3, -0.25) is 4.79 Å². The average molecular weight is 296 g/mol. The summed E-state index contributed by atoms with van der Waals surface area (Å²) in [5, 5.41) is 1.04. The second kappa shape index (κ2) is 6.20. The Hall–Kier alpha value is -0.830. The van der Waals surface area contributed by atoms with E-state index >= 15 is 0 Å². The predicted octanol–water partition coefficient (Wildman–Crippen LogP) is 2.86. The molecule has 92 valence electrons. The van der Waals surface area contributed by atoms with E-state index in [-0.39, 0.29) is 5.91 Å². The minimum absolute atomic E-state index is 0.272. The zero-order valence-electron chi connectivity index (χ0n) is 9.94. The van der Waals surface area contributed by atoms with Crippen LogP contribution in [0.5, 0.6) is 0 Å². The van der Waals surface area contributed by atoms with Gasteiger partial charge in [-0.05, 0) is 24.3 Å². The van der Waals surface area contributed by atoms with Crippen LogP contribution in [0.3, 0.4) is 0 Å². The molecule has 0 bridgehead atoms. The maximum absolute atomic E-state index is 12.1. The zero-order chi connectivity index (χ0) is 12.1. The summed E-state index contributed by atoms with van der Waals surface area (Å²) in [5.41, 5.74) is 1.11. The quantitative estimate of drug-likeness (QED) is 0.782. The van der Waals surface area contributed by atoms with Crippen LogP contribution in [0.25, 0.3) is 0 Å². The Morgan fingerprint density at radius 1 is 1.35 bits per heavy atom.